The Morgan fingerprint density at radius 3 is 2.59 bits per heavy atom. The molecule has 2 aliphatic heterocycles. The van der Waals surface area contributed by atoms with Crippen molar-refractivity contribution in [2.24, 2.45) is 0 Å². The fraction of sp³-hybridized carbons (Fsp3) is 0.207. The summed E-state index contributed by atoms with van der Waals surface area (Å²) in [6, 6.07) is 17.5. The molecule has 1 amide bonds. The average Bonchev–Trinajstić information content (AvgIpc) is 3.21. The molecule has 0 aliphatic carbocycles. The van der Waals surface area contributed by atoms with Crippen LogP contribution < -0.4 is 14.4 Å². The largest absolute Gasteiger partial charge is 0.507 e. The lowest BCUT2D eigenvalue weighted by Gasteiger charge is -2.27. The lowest BCUT2D eigenvalue weighted by molar-refractivity contribution is -0.132. The summed E-state index contributed by atoms with van der Waals surface area (Å²) >= 11 is 0. The Morgan fingerprint density at radius 2 is 1.81 bits per heavy atom. The second-order valence-corrected chi connectivity index (χ2v) is 8.73. The van der Waals surface area contributed by atoms with Crippen LogP contribution in [0.15, 0.2) is 72.3 Å². The number of para-hydroxylation sites is 1. The van der Waals surface area contributed by atoms with Gasteiger partial charge in [-0.25, -0.2) is 4.79 Å². The van der Waals surface area contributed by atoms with Crippen molar-refractivity contribution in [1.82, 2.24) is 0 Å². The lowest BCUT2D eigenvalue weighted by Crippen LogP contribution is -2.29. The Morgan fingerprint density at radius 1 is 1.00 bits per heavy atom. The number of rotatable bonds is 5. The number of ketones is 1. The van der Waals surface area contributed by atoms with Gasteiger partial charge < -0.3 is 19.3 Å². The SMILES string of the molecule is COC(=O)c1cccc(N2C(=O)C(=O)/C(=C(/O)c3ccc4c(c3)CCCO4)C2c2ccccc2OC)c1. The van der Waals surface area contributed by atoms with Crippen LogP contribution in [0.3, 0.4) is 0 Å². The Bertz CT molecular complexity index is 1440. The number of Topliss-reactive ketones (excluding diaryl/α,β-unsaturated/α-hetero) is 1. The molecule has 2 aliphatic rings. The minimum absolute atomic E-state index is 0.0744. The molecule has 1 atom stereocenters. The molecular weight excluding hydrogens is 474 g/mol. The summed E-state index contributed by atoms with van der Waals surface area (Å²) in [5.41, 5.74) is 2.29. The number of carbonyl (C=O) groups is 3. The minimum Gasteiger partial charge on any atom is -0.507 e. The predicted molar refractivity (Wildman–Crippen MR) is 136 cm³/mol. The first-order valence-electron chi connectivity index (χ1n) is 11.8. The van der Waals surface area contributed by atoms with E-state index in [1.54, 1.807) is 60.7 Å². The van der Waals surface area contributed by atoms with Crippen molar-refractivity contribution in [3.8, 4) is 11.5 Å². The monoisotopic (exact) mass is 499 g/mol. The van der Waals surface area contributed by atoms with E-state index in [2.05, 4.69) is 0 Å². The number of aryl methyl sites for hydroxylation is 1. The number of benzene rings is 3. The van der Waals surface area contributed by atoms with Crippen molar-refractivity contribution >= 4 is 29.1 Å². The van der Waals surface area contributed by atoms with E-state index < -0.39 is 23.7 Å². The first kappa shape index (κ1) is 24.1. The number of aliphatic hydroxyl groups excluding tert-OH is 1. The van der Waals surface area contributed by atoms with E-state index in [1.807, 2.05) is 0 Å². The van der Waals surface area contributed by atoms with Gasteiger partial charge in [0.05, 0.1) is 38.0 Å². The standard InChI is InChI=1S/C29H25NO7/c1-35-23-11-4-3-10-21(23)25-24(26(31)18-12-13-22-17(15-18)8-6-14-37-22)27(32)28(33)30(25)20-9-5-7-19(16-20)29(34)36-2/h3-5,7,9-13,15-16,25,31H,6,8,14H2,1-2H3/b26-24+. The highest BCUT2D eigenvalue weighted by molar-refractivity contribution is 6.51. The van der Waals surface area contributed by atoms with Gasteiger partial charge in [-0.2, -0.15) is 0 Å². The van der Waals surface area contributed by atoms with E-state index in [1.165, 1.54) is 25.2 Å². The van der Waals surface area contributed by atoms with Crippen LogP contribution in [0.25, 0.3) is 5.76 Å². The number of esters is 1. The first-order chi connectivity index (χ1) is 17.9. The molecule has 0 aromatic heterocycles. The number of carbonyl (C=O) groups excluding carboxylic acids is 3. The van der Waals surface area contributed by atoms with E-state index in [-0.39, 0.29) is 16.9 Å². The third-order valence-electron chi connectivity index (χ3n) is 6.61. The molecule has 3 aromatic carbocycles. The van der Waals surface area contributed by atoms with Crippen molar-refractivity contribution < 1.29 is 33.7 Å². The topological polar surface area (TPSA) is 102 Å². The first-order valence-corrected chi connectivity index (χ1v) is 11.8. The fourth-order valence-corrected chi connectivity index (χ4v) is 4.85. The third kappa shape index (κ3) is 4.20. The van der Waals surface area contributed by atoms with Crippen LogP contribution in [0.5, 0.6) is 11.5 Å². The summed E-state index contributed by atoms with van der Waals surface area (Å²) < 4.78 is 16.1. The number of methoxy groups -OCH3 is 2. The molecule has 37 heavy (non-hydrogen) atoms. The van der Waals surface area contributed by atoms with Gasteiger partial charge in [-0.3, -0.25) is 14.5 Å². The molecule has 1 N–H and O–H groups in total. The van der Waals surface area contributed by atoms with Gasteiger partial charge >= 0.3 is 5.97 Å². The van der Waals surface area contributed by atoms with Crippen LogP contribution >= 0.6 is 0 Å². The fourth-order valence-electron chi connectivity index (χ4n) is 4.85. The van der Waals surface area contributed by atoms with Gasteiger partial charge in [0, 0.05) is 16.8 Å². The maximum absolute atomic E-state index is 13.5. The molecule has 0 saturated carbocycles. The van der Waals surface area contributed by atoms with Crippen LogP contribution in [-0.4, -0.2) is 43.6 Å². The molecule has 0 bridgehead atoms. The Balaban J connectivity index is 1.72. The molecule has 8 heteroatoms. The van der Waals surface area contributed by atoms with E-state index in [4.69, 9.17) is 14.2 Å². The number of ether oxygens (including phenoxy) is 3. The molecule has 0 spiro atoms. The smallest absolute Gasteiger partial charge is 0.337 e. The van der Waals surface area contributed by atoms with Gasteiger partial charge in [-0.15, -0.1) is 0 Å². The zero-order chi connectivity index (χ0) is 26.1. The molecule has 5 rings (SSSR count). The zero-order valence-electron chi connectivity index (χ0n) is 20.4. The highest BCUT2D eigenvalue weighted by Crippen LogP contribution is 2.45. The van der Waals surface area contributed by atoms with Crippen LogP contribution in [0.1, 0.15) is 39.5 Å². The van der Waals surface area contributed by atoms with E-state index in [9.17, 15) is 19.5 Å². The second kappa shape index (κ2) is 9.81. The molecule has 8 nitrogen and oxygen atoms in total. The van der Waals surface area contributed by atoms with Crippen LogP contribution in [0, 0.1) is 0 Å². The zero-order valence-corrected chi connectivity index (χ0v) is 20.4. The number of hydrogen-bond acceptors (Lipinski definition) is 7. The van der Waals surface area contributed by atoms with Gasteiger partial charge in [0.15, 0.2) is 0 Å². The Hall–Kier alpha value is -4.59. The number of hydrogen-bond donors (Lipinski definition) is 1. The molecule has 1 fully saturated rings. The number of aliphatic hydroxyl groups is 1. The van der Waals surface area contributed by atoms with Gasteiger partial charge in [0.2, 0.25) is 0 Å². The summed E-state index contributed by atoms with van der Waals surface area (Å²) in [4.78, 5) is 40.4. The van der Waals surface area contributed by atoms with Crippen molar-refractivity contribution in [2.75, 3.05) is 25.7 Å². The summed E-state index contributed by atoms with van der Waals surface area (Å²) in [6.45, 7) is 0.627. The van der Waals surface area contributed by atoms with Gasteiger partial charge in [0.25, 0.3) is 11.7 Å². The van der Waals surface area contributed by atoms with E-state index in [0.29, 0.717) is 29.2 Å². The third-order valence-corrected chi connectivity index (χ3v) is 6.61. The molecule has 0 radical (unpaired) electrons. The van der Waals surface area contributed by atoms with Crippen molar-refractivity contribution in [3.05, 3.63) is 94.6 Å². The minimum atomic E-state index is -1.00. The van der Waals surface area contributed by atoms with Gasteiger partial charge in [-0.1, -0.05) is 24.3 Å². The summed E-state index contributed by atoms with van der Waals surface area (Å²) in [6.07, 6.45) is 1.63. The summed E-state index contributed by atoms with van der Waals surface area (Å²) in [5, 5.41) is 11.5. The number of amides is 1. The predicted octanol–water partition coefficient (Wildman–Crippen LogP) is 4.43. The van der Waals surface area contributed by atoms with Crippen LogP contribution in [-0.2, 0) is 20.7 Å². The van der Waals surface area contributed by atoms with Gasteiger partial charge in [0.1, 0.15) is 17.3 Å². The van der Waals surface area contributed by atoms with Crippen molar-refractivity contribution in [1.29, 1.82) is 0 Å². The van der Waals surface area contributed by atoms with Crippen molar-refractivity contribution in [2.45, 2.75) is 18.9 Å². The maximum Gasteiger partial charge on any atom is 0.337 e. The van der Waals surface area contributed by atoms with Crippen molar-refractivity contribution in [3.63, 3.8) is 0 Å². The molecule has 1 saturated heterocycles. The van der Waals surface area contributed by atoms with Crippen LogP contribution in [0.4, 0.5) is 5.69 Å². The number of nitrogens with zero attached hydrogens (tertiary/aromatic N) is 1. The molecule has 1 unspecified atom stereocenters. The van der Waals surface area contributed by atoms with E-state index in [0.717, 1.165) is 24.2 Å². The average molecular weight is 500 g/mol. The number of fused-ring (bicyclic) bond motifs is 1. The normalized spacial score (nSPS) is 18.2. The lowest BCUT2D eigenvalue weighted by atomic mass is 9.93. The molecule has 188 valence electrons. The highest BCUT2D eigenvalue weighted by atomic mass is 16.5. The molecule has 3 aromatic rings. The Kier molecular flexibility index (Phi) is 6.40. The Labute approximate surface area is 213 Å². The maximum atomic E-state index is 13.5. The number of anilines is 1. The summed E-state index contributed by atoms with van der Waals surface area (Å²) in [7, 11) is 2.76. The summed E-state index contributed by atoms with van der Waals surface area (Å²) in [5.74, 6) is -1.37. The second-order valence-electron chi connectivity index (χ2n) is 8.73. The van der Waals surface area contributed by atoms with Crippen LogP contribution in [0.2, 0.25) is 0 Å². The van der Waals surface area contributed by atoms with Gasteiger partial charge in [-0.05, 0) is 60.9 Å². The quantitative estimate of drug-likeness (QED) is 0.240. The molecule has 2 heterocycles. The molecular formula is C29H25NO7. The van der Waals surface area contributed by atoms with E-state index >= 15 is 0 Å². The highest BCUT2D eigenvalue weighted by Gasteiger charge is 2.48.